The highest BCUT2D eigenvalue weighted by Crippen LogP contribution is 2.29. The number of nitrogens with one attached hydrogen (secondary N) is 2. The molecule has 1 fully saturated rings. The van der Waals surface area contributed by atoms with E-state index >= 15 is 0 Å². The standard InChI is InChI=1S/C19H23N3O4S.ClH/c1-27(25,26)19(9-11-20-12-10-19)18(24)21-16-8-5-13-22(17(16)23)14-15-6-3-2-4-7-15;/h2-8,13,20H,9-12,14H2,1H3,(H,21,24);1H. The first-order valence-electron chi connectivity index (χ1n) is 8.79. The second-order valence-electron chi connectivity index (χ2n) is 6.81. The molecule has 2 heterocycles. The van der Waals surface area contributed by atoms with Gasteiger partial charge in [-0.25, -0.2) is 8.42 Å². The summed E-state index contributed by atoms with van der Waals surface area (Å²) in [5, 5.41) is 5.64. The minimum atomic E-state index is -3.64. The number of anilines is 1. The van der Waals surface area contributed by atoms with E-state index in [4.69, 9.17) is 0 Å². The molecule has 9 heteroatoms. The van der Waals surface area contributed by atoms with Crippen molar-refractivity contribution in [1.29, 1.82) is 0 Å². The Kier molecular flexibility index (Phi) is 7.03. The first-order chi connectivity index (χ1) is 12.8. The number of hydrogen-bond donors (Lipinski definition) is 2. The quantitative estimate of drug-likeness (QED) is 0.755. The Bertz CT molecular complexity index is 984. The molecule has 2 aromatic rings. The van der Waals surface area contributed by atoms with Gasteiger partial charge in [-0.15, -0.1) is 12.4 Å². The van der Waals surface area contributed by atoms with Crippen LogP contribution in [-0.2, 0) is 21.2 Å². The first kappa shape index (κ1) is 22.1. The average molecular weight is 426 g/mol. The Hall–Kier alpha value is -2.16. The van der Waals surface area contributed by atoms with Crippen LogP contribution in [0.3, 0.4) is 0 Å². The van der Waals surface area contributed by atoms with Gasteiger partial charge in [-0.2, -0.15) is 0 Å². The highest BCUT2D eigenvalue weighted by Gasteiger charge is 2.48. The summed E-state index contributed by atoms with van der Waals surface area (Å²) in [6.07, 6.45) is 3.09. The van der Waals surface area contributed by atoms with Gasteiger partial charge < -0.3 is 15.2 Å². The molecule has 152 valence electrons. The van der Waals surface area contributed by atoms with E-state index in [2.05, 4.69) is 10.6 Å². The number of halogens is 1. The fraction of sp³-hybridized carbons (Fsp3) is 0.368. The highest BCUT2D eigenvalue weighted by molar-refractivity contribution is 7.92. The summed E-state index contributed by atoms with van der Waals surface area (Å²) < 4.78 is 24.7. The van der Waals surface area contributed by atoms with Crippen molar-refractivity contribution in [1.82, 2.24) is 9.88 Å². The van der Waals surface area contributed by atoms with Crippen LogP contribution < -0.4 is 16.2 Å². The van der Waals surface area contributed by atoms with Gasteiger partial charge in [0.25, 0.3) is 5.56 Å². The number of nitrogens with zero attached hydrogens (tertiary/aromatic N) is 1. The zero-order chi connectivity index (χ0) is 19.5. The molecular weight excluding hydrogens is 402 g/mol. The molecule has 0 unspecified atom stereocenters. The zero-order valence-electron chi connectivity index (χ0n) is 15.6. The Labute approximate surface area is 170 Å². The molecule has 0 bridgehead atoms. The summed E-state index contributed by atoms with van der Waals surface area (Å²) in [5.41, 5.74) is 0.668. The number of carbonyl (C=O) groups is 1. The molecule has 2 N–H and O–H groups in total. The van der Waals surface area contributed by atoms with Crippen LogP contribution in [0, 0.1) is 0 Å². The third kappa shape index (κ3) is 4.45. The lowest BCUT2D eigenvalue weighted by atomic mass is 9.95. The van der Waals surface area contributed by atoms with Crippen LogP contribution in [0.1, 0.15) is 18.4 Å². The summed E-state index contributed by atoms with van der Waals surface area (Å²) in [5.74, 6) is -0.638. The van der Waals surface area contributed by atoms with Crippen molar-refractivity contribution < 1.29 is 13.2 Å². The fourth-order valence-electron chi connectivity index (χ4n) is 3.37. The molecule has 1 amide bonds. The van der Waals surface area contributed by atoms with Crippen LogP contribution in [0.25, 0.3) is 0 Å². The molecule has 3 rings (SSSR count). The Balaban J connectivity index is 0.00000280. The smallest absolute Gasteiger partial charge is 0.274 e. The topological polar surface area (TPSA) is 97.3 Å². The summed E-state index contributed by atoms with van der Waals surface area (Å²) in [7, 11) is -3.64. The molecule has 1 aromatic heterocycles. The second-order valence-corrected chi connectivity index (χ2v) is 9.14. The minimum absolute atomic E-state index is 0. The molecule has 0 atom stereocenters. The maximum absolute atomic E-state index is 12.9. The van der Waals surface area contributed by atoms with E-state index in [1.165, 1.54) is 10.6 Å². The van der Waals surface area contributed by atoms with E-state index in [1.807, 2.05) is 30.3 Å². The second kappa shape index (κ2) is 8.89. The number of sulfone groups is 1. The number of aromatic nitrogens is 1. The number of piperidine rings is 1. The lowest BCUT2D eigenvalue weighted by Crippen LogP contribution is -2.55. The van der Waals surface area contributed by atoms with Gasteiger partial charge in [0.15, 0.2) is 14.6 Å². The van der Waals surface area contributed by atoms with Gasteiger partial charge in [0, 0.05) is 12.5 Å². The number of pyridine rings is 1. The third-order valence-corrected chi connectivity index (χ3v) is 7.01. The van der Waals surface area contributed by atoms with Gasteiger partial charge in [-0.05, 0) is 43.6 Å². The van der Waals surface area contributed by atoms with E-state index in [0.29, 0.717) is 19.6 Å². The molecule has 1 aliphatic heterocycles. The van der Waals surface area contributed by atoms with Crippen LogP contribution in [0.4, 0.5) is 5.69 Å². The van der Waals surface area contributed by atoms with Crippen molar-refractivity contribution in [3.8, 4) is 0 Å². The maximum atomic E-state index is 12.9. The lowest BCUT2D eigenvalue weighted by Gasteiger charge is -2.34. The zero-order valence-corrected chi connectivity index (χ0v) is 17.2. The van der Waals surface area contributed by atoms with E-state index in [9.17, 15) is 18.0 Å². The number of carbonyl (C=O) groups excluding carboxylic acids is 1. The van der Waals surface area contributed by atoms with Gasteiger partial charge in [-0.3, -0.25) is 9.59 Å². The van der Waals surface area contributed by atoms with Gasteiger partial charge in [0.05, 0.1) is 6.54 Å². The normalized spacial score (nSPS) is 16.0. The molecule has 7 nitrogen and oxygen atoms in total. The number of amides is 1. The number of benzene rings is 1. The number of rotatable bonds is 5. The molecule has 0 radical (unpaired) electrons. The predicted molar refractivity (Wildman–Crippen MR) is 112 cm³/mol. The molecule has 28 heavy (non-hydrogen) atoms. The molecule has 0 saturated carbocycles. The summed E-state index contributed by atoms with van der Waals surface area (Å²) >= 11 is 0. The Morgan fingerprint density at radius 1 is 1.14 bits per heavy atom. The predicted octanol–water partition coefficient (Wildman–Crippen LogP) is 1.42. The molecule has 0 aliphatic carbocycles. The first-order valence-corrected chi connectivity index (χ1v) is 10.7. The molecular formula is C19H24ClN3O4S. The van der Waals surface area contributed by atoms with Crippen LogP contribution in [-0.4, -0.2) is 43.0 Å². The third-order valence-electron chi connectivity index (χ3n) is 5.00. The van der Waals surface area contributed by atoms with Crippen molar-refractivity contribution in [3.63, 3.8) is 0 Å². The molecule has 1 saturated heterocycles. The van der Waals surface area contributed by atoms with Gasteiger partial charge in [0.2, 0.25) is 5.91 Å². The van der Waals surface area contributed by atoms with Crippen molar-refractivity contribution in [2.24, 2.45) is 0 Å². The molecule has 0 spiro atoms. The van der Waals surface area contributed by atoms with E-state index in [0.717, 1.165) is 11.8 Å². The van der Waals surface area contributed by atoms with E-state index in [1.54, 1.807) is 12.3 Å². The SMILES string of the molecule is CS(=O)(=O)C1(C(=O)Nc2cccn(Cc3ccccc3)c2=O)CCNCC1.Cl. The maximum Gasteiger partial charge on any atom is 0.274 e. The summed E-state index contributed by atoms with van der Waals surface area (Å²) in [6, 6.07) is 12.6. The number of hydrogen-bond acceptors (Lipinski definition) is 5. The largest absolute Gasteiger partial charge is 0.320 e. The van der Waals surface area contributed by atoms with Crippen LogP contribution in [0.2, 0.25) is 0 Å². The van der Waals surface area contributed by atoms with Gasteiger partial charge in [-0.1, -0.05) is 30.3 Å². The highest BCUT2D eigenvalue weighted by atomic mass is 35.5. The van der Waals surface area contributed by atoms with Crippen molar-refractivity contribution in [2.75, 3.05) is 24.7 Å². The lowest BCUT2D eigenvalue weighted by molar-refractivity contribution is -0.119. The Morgan fingerprint density at radius 3 is 2.39 bits per heavy atom. The van der Waals surface area contributed by atoms with Crippen molar-refractivity contribution >= 4 is 33.8 Å². The minimum Gasteiger partial charge on any atom is -0.320 e. The van der Waals surface area contributed by atoms with Crippen molar-refractivity contribution in [2.45, 2.75) is 24.1 Å². The van der Waals surface area contributed by atoms with Gasteiger partial charge >= 0.3 is 0 Å². The van der Waals surface area contributed by atoms with Crippen molar-refractivity contribution in [3.05, 3.63) is 64.6 Å². The van der Waals surface area contributed by atoms with Crippen LogP contribution in [0.5, 0.6) is 0 Å². The Morgan fingerprint density at radius 2 is 1.79 bits per heavy atom. The monoisotopic (exact) mass is 425 g/mol. The molecule has 1 aliphatic rings. The molecule has 1 aromatic carbocycles. The summed E-state index contributed by atoms with van der Waals surface area (Å²) in [4.78, 5) is 25.6. The summed E-state index contributed by atoms with van der Waals surface area (Å²) in [6.45, 7) is 1.24. The van der Waals surface area contributed by atoms with Crippen LogP contribution >= 0.6 is 12.4 Å². The van der Waals surface area contributed by atoms with Gasteiger partial charge in [0.1, 0.15) is 5.69 Å². The van der Waals surface area contributed by atoms with E-state index in [-0.39, 0.29) is 36.5 Å². The fourth-order valence-corrected chi connectivity index (χ4v) is 4.70. The van der Waals surface area contributed by atoms with E-state index < -0.39 is 20.5 Å². The average Bonchev–Trinajstić information content (AvgIpc) is 2.65. The van der Waals surface area contributed by atoms with Crippen LogP contribution in [0.15, 0.2) is 53.5 Å².